The van der Waals surface area contributed by atoms with Crippen molar-refractivity contribution in [1.29, 1.82) is 0 Å². The van der Waals surface area contributed by atoms with Crippen molar-refractivity contribution in [2.75, 3.05) is 25.6 Å². The zero-order chi connectivity index (χ0) is 18.0. The van der Waals surface area contributed by atoms with Gasteiger partial charge in [-0.1, -0.05) is 30.3 Å². The number of benzene rings is 2. The predicted molar refractivity (Wildman–Crippen MR) is 102 cm³/mol. The topological polar surface area (TPSA) is 52.6 Å². The number of anilines is 1. The van der Waals surface area contributed by atoms with E-state index in [1.807, 2.05) is 66.7 Å². The van der Waals surface area contributed by atoms with Gasteiger partial charge in [0, 0.05) is 24.4 Å². The fraction of sp³-hybridized carbons (Fsp3) is 0.190. The minimum absolute atomic E-state index is 0.454. The molecule has 0 aliphatic carbocycles. The van der Waals surface area contributed by atoms with Crippen molar-refractivity contribution in [3.63, 3.8) is 0 Å². The summed E-state index contributed by atoms with van der Waals surface area (Å²) < 4.78 is 16.8. The molecule has 2 aromatic carbocycles. The van der Waals surface area contributed by atoms with Gasteiger partial charge in [0.05, 0.1) is 7.11 Å². The summed E-state index contributed by atoms with van der Waals surface area (Å²) in [5.41, 5.74) is 1.07. The quantitative estimate of drug-likeness (QED) is 0.587. The molecule has 3 aromatic rings. The average Bonchev–Trinajstić information content (AvgIpc) is 2.71. The van der Waals surface area contributed by atoms with Gasteiger partial charge in [-0.2, -0.15) is 0 Å². The Hall–Kier alpha value is -3.21. The van der Waals surface area contributed by atoms with Gasteiger partial charge in [0.1, 0.15) is 36.3 Å². The lowest BCUT2D eigenvalue weighted by Gasteiger charge is -2.13. The van der Waals surface area contributed by atoms with E-state index in [1.165, 1.54) is 0 Å². The summed E-state index contributed by atoms with van der Waals surface area (Å²) in [5.74, 6) is 3.21. The molecule has 0 fully saturated rings. The van der Waals surface area contributed by atoms with Gasteiger partial charge in [0.15, 0.2) is 0 Å². The summed E-state index contributed by atoms with van der Waals surface area (Å²) in [7, 11) is 1.64. The third-order valence-electron chi connectivity index (χ3n) is 3.75. The molecule has 0 aliphatic rings. The SMILES string of the molecule is COc1cccc(OCCOc2ccccc2CNc2ccccn2)c1. The van der Waals surface area contributed by atoms with Gasteiger partial charge in [-0.25, -0.2) is 4.98 Å². The molecule has 5 nitrogen and oxygen atoms in total. The number of aromatic nitrogens is 1. The molecule has 0 radical (unpaired) electrons. The Morgan fingerprint density at radius 3 is 2.50 bits per heavy atom. The first kappa shape index (κ1) is 17.6. The lowest BCUT2D eigenvalue weighted by molar-refractivity contribution is 0.215. The fourth-order valence-electron chi connectivity index (χ4n) is 2.45. The van der Waals surface area contributed by atoms with Crippen LogP contribution in [0.15, 0.2) is 72.9 Å². The molecule has 0 atom stereocenters. The highest BCUT2D eigenvalue weighted by Gasteiger charge is 2.04. The second kappa shape index (κ2) is 9.32. The van der Waals surface area contributed by atoms with Crippen molar-refractivity contribution in [3.8, 4) is 17.2 Å². The van der Waals surface area contributed by atoms with Gasteiger partial charge in [-0.15, -0.1) is 0 Å². The van der Waals surface area contributed by atoms with Crippen molar-refractivity contribution < 1.29 is 14.2 Å². The Kier molecular flexibility index (Phi) is 6.31. The Morgan fingerprint density at radius 1 is 0.846 bits per heavy atom. The largest absolute Gasteiger partial charge is 0.497 e. The van der Waals surface area contributed by atoms with Crippen LogP contribution in [-0.4, -0.2) is 25.3 Å². The minimum Gasteiger partial charge on any atom is -0.497 e. The van der Waals surface area contributed by atoms with Crippen molar-refractivity contribution in [2.45, 2.75) is 6.54 Å². The molecule has 0 saturated carbocycles. The maximum Gasteiger partial charge on any atom is 0.126 e. The molecule has 1 heterocycles. The van der Waals surface area contributed by atoms with Crippen LogP contribution in [0.25, 0.3) is 0 Å². The summed E-state index contributed by atoms with van der Waals surface area (Å²) in [6, 6.07) is 21.3. The van der Waals surface area contributed by atoms with Crippen LogP contribution < -0.4 is 19.5 Å². The molecular weight excluding hydrogens is 328 g/mol. The van der Waals surface area contributed by atoms with E-state index >= 15 is 0 Å². The zero-order valence-corrected chi connectivity index (χ0v) is 14.7. The smallest absolute Gasteiger partial charge is 0.126 e. The van der Waals surface area contributed by atoms with Crippen molar-refractivity contribution in [3.05, 3.63) is 78.5 Å². The minimum atomic E-state index is 0.454. The van der Waals surface area contributed by atoms with Crippen LogP contribution in [0.2, 0.25) is 0 Å². The molecule has 3 rings (SSSR count). The second-order valence-electron chi connectivity index (χ2n) is 5.55. The fourth-order valence-corrected chi connectivity index (χ4v) is 2.45. The second-order valence-corrected chi connectivity index (χ2v) is 5.55. The molecule has 0 unspecified atom stereocenters. The Morgan fingerprint density at radius 2 is 1.65 bits per heavy atom. The third kappa shape index (κ3) is 5.14. The first-order valence-electron chi connectivity index (χ1n) is 8.47. The van der Waals surface area contributed by atoms with Gasteiger partial charge >= 0.3 is 0 Å². The van der Waals surface area contributed by atoms with Crippen LogP contribution in [0.4, 0.5) is 5.82 Å². The maximum absolute atomic E-state index is 5.89. The van der Waals surface area contributed by atoms with Gasteiger partial charge < -0.3 is 19.5 Å². The predicted octanol–water partition coefficient (Wildman–Crippen LogP) is 4.16. The highest BCUT2D eigenvalue weighted by molar-refractivity contribution is 5.39. The highest BCUT2D eigenvalue weighted by atomic mass is 16.5. The standard InChI is InChI=1S/C21H22N2O3/c1-24-18-8-6-9-19(15-18)25-13-14-26-20-10-3-2-7-17(20)16-23-21-11-4-5-12-22-21/h2-12,15H,13-14,16H2,1H3,(H,22,23). The summed E-state index contributed by atoms with van der Waals surface area (Å²) in [4.78, 5) is 4.26. The summed E-state index contributed by atoms with van der Waals surface area (Å²) >= 11 is 0. The van der Waals surface area contributed by atoms with Gasteiger partial charge in [0.2, 0.25) is 0 Å². The molecule has 134 valence electrons. The van der Waals surface area contributed by atoms with Gasteiger partial charge in [-0.3, -0.25) is 0 Å². The van der Waals surface area contributed by atoms with E-state index in [-0.39, 0.29) is 0 Å². The Labute approximate surface area is 153 Å². The van der Waals surface area contributed by atoms with E-state index < -0.39 is 0 Å². The number of ether oxygens (including phenoxy) is 3. The molecule has 26 heavy (non-hydrogen) atoms. The average molecular weight is 350 g/mol. The molecule has 0 amide bonds. The number of methoxy groups -OCH3 is 1. The monoisotopic (exact) mass is 350 g/mol. The first-order valence-corrected chi connectivity index (χ1v) is 8.47. The van der Waals surface area contributed by atoms with E-state index in [0.29, 0.717) is 19.8 Å². The molecule has 0 spiro atoms. The van der Waals surface area contributed by atoms with E-state index in [1.54, 1.807) is 13.3 Å². The lowest BCUT2D eigenvalue weighted by Crippen LogP contribution is -2.11. The number of nitrogens with one attached hydrogen (secondary N) is 1. The number of rotatable bonds is 9. The number of hydrogen-bond donors (Lipinski definition) is 1. The summed E-state index contributed by atoms with van der Waals surface area (Å²) in [5, 5.41) is 3.29. The van der Waals surface area contributed by atoms with Crippen LogP contribution in [0.3, 0.4) is 0 Å². The Balaban J connectivity index is 1.50. The molecule has 0 saturated heterocycles. The molecule has 1 N–H and O–H groups in total. The number of pyridine rings is 1. The molecule has 0 aliphatic heterocycles. The van der Waals surface area contributed by atoms with Gasteiger partial charge in [-0.05, 0) is 30.3 Å². The normalized spacial score (nSPS) is 10.2. The Bertz CT molecular complexity index is 809. The first-order chi connectivity index (χ1) is 12.8. The lowest BCUT2D eigenvalue weighted by atomic mass is 10.2. The van der Waals surface area contributed by atoms with Crippen LogP contribution in [-0.2, 0) is 6.54 Å². The molecule has 0 bridgehead atoms. The van der Waals surface area contributed by atoms with Crippen molar-refractivity contribution in [2.24, 2.45) is 0 Å². The molecule has 1 aromatic heterocycles. The third-order valence-corrected chi connectivity index (χ3v) is 3.75. The van der Waals surface area contributed by atoms with E-state index in [9.17, 15) is 0 Å². The van der Waals surface area contributed by atoms with Gasteiger partial charge in [0.25, 0.3) is 0 Å². The zero-order valence-electron chi connectivity index (χ0n) is 14.7. The molecule has 5 heteroatoms. The molecular formula is C21H22N2O3. The van der Waals surface area contributed by atoms with Crippen LogP contribution in [0, 0.1) is 0 Å². The van der Waals surface area contributed by atoms with Crippen molar-refractivity contribution in [1.82, 2.24) is 4.98 Å². The number of hydrogen-bond acceptors (Lipinski definition) is 5. The van der Waals surface area contributed by atoms with E-state index in [2.05, 4.69) is 10.3 Å². The van der Waals surface area contributed by atoms with Crippen LogP contribution in [0.5, 0.6) is 17.2 Å². The van der Waals surface area contributed by atoms with Crippen LogP contribution >= 0.6 is 0 Å². The van der Waals surface area contributed by atoms with E-state index in [4.69, 9.17) is 14.2 Å². The number of para-hydroxylation sites is 1. The number of nitrogens with zero attached hydrogens (tertiary/aromatic N) is 1. The van der Waals surface area contributed by atoms with Crippen molar-refractivity contribution >= 4 is 5.82 Å². The maximum atomic E-state index is 5.89. The highest BCUT2D eigenvalue weighted by Crippen LogP contribution is 2.20. The van der Waals surface area contributed by atoms with Crippen LogP contribution in [0.1, 0.15) is 5.56 Å². The summed E-state index contributed by atoms with van der Waals surface area (Å²) in [6.45, 7) is 1.55. The van der Waals surface area contributed by atoms with E-state index in [0.717, 1.165) is 28.6 Å². The summed E-state index contributed by atoms with van der Waals surface area (Å²) in [6.07, 6.45) is 1.76.